The molecular formula is C21H17NOS4. The molecule has 27 heavy (non-hydrogen) atoms. The van der Waals surface area contributed by atoms with Crippen molar-refractivity contribution in [2.24, 2.45) is 7.05 Å². The lowest BCUT2D eigenvalue weighted by Crippen LogP contribution is -2.18. The van der Waals surface area contributed by atoms with Crippen molar-refractivity contribution in [2.45, 2.75) is 10.9 Å². The molecule has 1 aliphatic rings. The van der Waals surface area contributed by atoms with E-state index in [-0.39, 0.29) is 11.7 Å². The molecule has 1 unspecified atom stereocenters. The second kappa shape index (κ2) is 7.80. The number of hydrogen-bond donors (Lipinski definition) is 0. The summed E-state index contributed by atoms with van der Waals surface area (Å²) in [7, 11) is 2.01. The minimum Gasteiger partial charge on any atom is -0.321 e. The number of allylic oxidation sites excluding steroid dienone is 1. The monoisotopic (exact) mass is 427 g/mol. The molecule has 136 valence electrons. The molecule has 1 aromatic heterocycles. The number of ketones is 1. The van der Waals surface area contributed by atoms with E-state index in [2.05, 4.69) is 16.7 Å². The van der Waals surface area contributed by atoms with E-state index in [1.165, 1.54) is 0 Å². The second-order valence-corrected chi connectivity index (χ2v) is 9.89. The standard InChI is InChI=1S/C21H17NOS4/c1-22-19-18(26-21(22)24)15(13-9-5-3-6-10-13)16(20(25-2)27-19)17(23)14-11-7-4-8-12-14/h3-12,15H,1-2H3. The maximum Gasteiger partial charge on any atom is 0.191 e. The minimum atomic E-state index is -0.0921. The Hall–Kier alpha value is -1.60. The zero-order valence-electron chi connectivity index (χ0n) is 14.8. The highest BCUT2D eigenvalue weighted by molar-refractivity contribution is 8.22. The lowest BCUT2D eigenvalue weighted by Gasteiger charge is -2.27. The summed E-state index contributed by atoms with van der Waals surface area (Å²) >= 11 is 10.5. The normalized spacial score (nSPS) is 16.3. The van der Waals surface area contributed by atoms with Crippen molar-refractivity contribution < 1.29 is 4.79 Å². The van der Waals surface area contributed by atoms with Gasteiger partial charge in [-0.15, -0.1) is 23.1 Å². The van der Waals surface area contributed by atoms with E-state index in [9.17, 15) is 4.79 Å². The van der Waals surface area contributed by atoms with E-state index >= 15 is 0 Å². The summed E-state index contributed by atoms with van der Waals surface area (Å²) in [6.45, 7) is 0. The molecule has 1 aliphatic heterocycles. The smallest absolute Gasteiger partial charge is 0.191 e. The van der Waals surface area contributed by atoms with E-state index in [4.69, 9.17) is 12.2 Å². The number of carbonyl (C=O) groups excluding carboxylic acids is 1. The van der Waals surface area contributed by atoms with Crippen LogP contribution in [0.5, 0.6) is 0 Å². The van der Waals surface area contributed by atoms with Crippen LogP contribution in [0.1, 0.15) is 26.7 Å². The first-order valence-corrected chi connectivity index (χ1v) is 11.7. The molecule has 6 heteroatoms. The molecule has 0 bridgehead atoms. The van der Waals surface area contributed by atoms with Crippen LogP contribution in [0.3, 0.4) is 0 Å². The topological polar surface area (TPSA) is 22.0 Å². The highest BCUT2D eigenvalue weighted by Gasteiger charge is 2.36. The SMILES string of the molecule is CSC1=C(C(=O)c2ccccc2)C(c2ccccc2)c2sc(=S)n(C)c2S1. The van der Waals surface area contributed by atoms with Crippen LogP contribution in [0.15, 0.2) is 75.5 Å². The van der Waals surface area contributed by atoms with E-state index in [0.29, 0.717) is 0 Å². The van der Waals surface area contributed by atoms with Crippen molar-refractivity contribution in [3.63, 3.8) is 0 Å². The first-order valence-electron chi connectivity index (χ1n) is 8.42. The van der Waals surface area contributed by atoms with Gasteiger partial charge in [-0.3, -0.25) is 4.79 Å². The number of carbonyl (C=O) groups is 1. The van der Waals surface area contributed by atoms with Crippen molar-refractivity contribution in [3.8, 4) is 0 Å². The van der Waals surface area contributed by atoms with Gasteiger partial charge in [0.05, 0.1) is 20.1 Å². The van der Waals surface area contributed by atoms with Gasteiger partial charge in [0.15, 0.2) is 9.74 Å². The van der Waals surface area contributed by atoms with Crippen molar-refractivity contribution in [2.75, 3.05) is 6.26 Å². The maximum absolute atomic E-state index is 13.5. The fraction of sp³-hybridized carbons (Fsp3) is 0.143. The Morgan fingerprint density at radius 1 is 1.07 bits per heavy atom. The number of benzene rings is 2. The van der Waals surface area contributed by atoms with Gasteiger partial charge in [-0.2, -0.15) is 0 Å². The Balaban J connectivity index is 1.96. The zero-order chi connectivity index (χ0) is 19.0. The van der Waals surface area contributed by atoms with Crippen LogP contribution in [0.4, 0.5) is 0 Å². The second-order valence-electron chi connectivity index (χ2n) is 6.14. The van der Waals surface area contributed by atoms with Gasteiger partial charge in [0.25, 0.3) is 0 Å². The summed E-state index contributed by atoms with van der Waals surface area (Å²) in [5, 5.41) is 1.15. The molecule has 0 radical (unpaired) electrons. The van der Waals surface area contributed by atoms with Gasteiger partial charge in [0.1, 0.15) is 0 Å². The van der Waals surface area contributed by atoms with E-state index in [0.717, 1.165) is 34.8 Å². The number of thiazole rings is 1. The Kier molecular flexibility index (Phi) is 5.41. The Bertz CT molecular complexity index is 1080. The van der Waals surface area contributed by atoms with Gasteiger partial charge in [-0.05, 0) is 24.0 Å². The van der Waals surface area contributed by atoms with Crippen molar-refractivity contribution in [1.82, 2.24) is 4.57 Å². The van der Waals surface area contributed by atoms with E-state index < -0.39 is 0 Å². The molecule has 0 saturated carbocycles. The fourth-order valence-electron chi connectivity index (χ4n) is 3.23. The third-order valence-electron chi connectivity index (χ3n) is 4.55. The zero-order valence-corrected chi connectivity index (χ0v) is 18.1. The quantitative estimate of drug-likeness (QED) is 0.349. The molecular weight excluding hydrogens is 411 g/mol. The summed E-state index contributed by atoms with van der Waals surface area (Å²) in [5.74, 6) is -0.000527. The van der Waals surface area contributed by atoms with Gasteiger partial charge < -0.3 is 4.57 Å². The molecule has 3 aromatic rings. The summed E-state index contributed by atoms with van der Waals surface area (Å²) in [6.07, 6.45) is 2.04. The van der Waals surface area contributed by atoms with Crippen LogP contribution < -0.4 is 0 Å². The van der Waals surface area contributed by atoms with Gasteiger partial charge in [-0.25, -0.2) is 0 Å². The molecule has 2 aromatic carbocycles. The first-order chi connectivity index (χ1) is 13.1. The summed E-state index contributed by atoms with van der Waals surface area (Å²) in [5.41, 5.74) is 2.71. The number of hydrogen-bond acceptors (Lipinski definition) is 5. The van der Waals surface area contributed by atoms with Crippen LogP contribution in [-0.4, -0.2) is 16.6 Å². The van der Waals surface area contributed by atoms with Crippen LogP contribution in [0, 0.1) is 3.95 Å². The van der Waals surface area contributed by atoms with Crippen LogP contribution in [0.25, 0.3) is 0 Å². The molecule has 4 rings (SSSR count). The summed E-state index contributed by atoms with van der Waals surface area (Å²) in [6, 6.07) is 19.8. The lowest BCUT2D eigenvalue weighted by molar-refractivity contribution is 0.102. The maximum atomic E-state index is 13.5. The fourth-order valence-corrected chi connectivity index (χ4v) is 6.91. The lowest BCUT2D eigenvalue weighted by atomic mass is 9.86. The number of nitrogens with zero attached hydrogens (tertiary/aromatic N) is 1. The predicted molar refractivity (Wildman–Crippen MR) is 120 cm³/mol. The molecule has 2 nitrogen and oxygen atoms in total. The highest BCUT2D eigenvalue weighted by atomic mass is 32.2. The highest BCUT2D eigenvalue weighted by Crippen LogP contribution is 2.53. The molecule has 0 N–H and O–H groups in total. The van der Waals surface area contributed by atoms with E-state index in [1.54, 1.807) is 34.9 Å². The third-order valence-corrected chi connectivity index (χ3v) is 8.73. The van der Waals surface area contributed by atoms with Crippen molar-refractivity contribution in [3.05, 3.63) is 90.4 Å². The summed E-state index contributed by atoms with van der Waals surface area (Å²) in [4.78, 5) is 14.7. The molecule has 0 amide bonds. The third kappa shape index (κ3) is 3.36. The van der Waals surface area contributed by atoms with Crippen LogP contribution in [0.2, 0.25) is 0 Å². The molecule has 0 fully saturated rings. The first kappa shape index (κ1) is 18.7. The largest absolute Gasteiger partial charge is 0.321 e. The van der Waals surface area contributed by atoms with Crippen LogP contribution >= 0.6 is 47.1 Å². The number of Topliss-reactive ketones (excluding diaryl/α,β-unsaturated/α-hetero) is 1. The van der Waals surface area contributed by atoms with Crippen LogP contribution in [-0.2, 0) is 7.05 Å². The average molecular weight is 428 g/mol. The number of thioether (sulfide) groups is 2. The molecule has 0 aliphatic carbocycles. The van der Waals surface area contributed by atoms with Gasteiger partial charge in [0, 0.05) is 18.2 Å². The molecule has 0 spiro atoms. The summed E-state index contributed by atoms with van der Waals surface area (Å²) < 4.78 is 3.95. The van der Waals surface area contributed by atoms with E-state index in [1.807, 2.05) is 61.8 Å². The van der Waals surface area contributed by atoms with Gasteiger partial charge >= 0.3 is 0 Å². The number of aromatic nitrogens is 1. The molecule has 2 heterocycles. The Morgan fingerprint density at radius 2 is 1.70 bits per heavy atom. The Morgan fingerprint density at radius 3 is 2.33 bits per heavy atom. The number of fused-ring (bicyclic) bond motifs is 1. The van der Waals surface area contributed by atoms with Crippen molar-refractivity contribution >= 4 is 52.9 Å². The molecule has 1 atom stereocenters. The average Bonchev–Trinajstić information content (AvgIpc) is 3.01. The predicted octanol–water partition coefficient (Wildman–Crippen LogP) is 6.51. The van der Waals surface area contributed by atoms with Gasteiger partial charge in [0.2, 0.25) is 0 Å². The Labute approximate surface area is 176 Å². The van der Waals surface area contributed by atoms with Gasteiger partial charge in [-0.1, -0.05) is 72.4 Å². The number of rotatable bonds is 4. The molecule has 0 saturated heterocycles. The van der Waals surface area contributed by atoms with Crippen molar-refractivity contribution in [1.29, 1.82) is 0 Å². The minimum absolute atomic E-state index is 0.0916.